The van der Waals surface area contributed by atoms with E-state index in [0.717, 1.165) is 36.9 Å². The lowest BCUT2D eigenvalue weighted by Gasteiger charge is -2.24. The third-order valence-electron chi connectivity index (χ3n) is 7.35. The molecule has 13 heteroatoms. The maximum absolute atomic E-state index is 13.7. The number of anilines is 3. The number of nitrogens with zero attached hydrogens (tertiary/aromatic N) is 2. The highest BCUT2D eigenvalue weighted by Gasteiger charge is 2.30. The van der Waals surface area contributed by atoms with Gasteiger partial charge in [-0.2, -0.15) is 5.10 Å². The molecule has 0 spiro atoms. The summed E-state index contributed by atoms with van der Waals surface area (Å²) in [6.07, 6.45) is 3.99. The molecule has 4 aromatic rings. The van der Waals surface area contributed by atoms with Crippen LogP contribution in [-0.2, 0) is 14.8 Å². The van der Waals surface area contributed by atoms with E-state index < -0.39 is 10.0 Å². The highest BCUT2D eigenvalue weighted by Crippen LogP contribution is 2.42. The minimum atomic E-state index is -4.20. The monoisotopic (exact) mass is 569 g/mol. The summed E-state index contributed by atoms with van der Waals surface area (Å²) in [4.78, 5) is -0.125. The second-order valence-corrected chi connectivity index (χ2v) is 11.6. The smallest absolute Gasteiger partial charge is 0.270 e. The lowest BCUT2D eigenvalue weighted by atomic mass is 9.91. The fourth-order valence-corrected chi connectivity index (χ4v) is 6.37. The number of nitrogens with one attached hydrogen (secondary N) is 3. The van der Waals surface area contributed by atoms with Gasteiger partial charge < -0.3 is 28.8 Å². The second-order valence-electron chi connectivity index (χ2n) is 9.93. The van der Waals surface area contributed by atoms with Crippen LogP contribution in [0.1, 0.15) is 48.8 Å². The summed E-state index contributed by atoms with van der Waals surface area (Å²) in [5, 5.41) is 15.0. The zero-order valence-corrected chi connectivity index (χ0v) is 23.3. The summed E-state index contributed by atoms with van der Waals surface area (Å²) in [5.41, 5.74) is 2.98. The van der Waals surface area contributed by atoms with E-state index in [1.54, 1.807) is 24.3 Å². The van der Waals surface area contributed by atoms with Crippen molar-refractivity contribution in [1.29, 1.82) is 0 Å². The van der Waals surface area contributed by atoms with Crippen molar-refractivity contribution in [3.63, 3.8) is 0 Å². The van der Waals surface area contributed by atoms with Gasteiger partial charge in [0.25, 0.3) is 10.0 Å². The van der Waals surface area contributed by atoms with E-state index in [4.69, 9.17) is 23.5 Å². The first-order valence-corrected chi connectivity index (χ1v) is 14.5. The van der Waals surface area contributed by atoms with E-state index in [9.17, 15) is 8.42 Å². The molecule has 2 aliphatic rings. The molecule has 0 bridgehead atoms. The number of benzene rings is 2. The van der Waals surface area contributed by atoms with Gasteiger partial charge >= 0.3 is 0 Å². The van der Waals surface area contributed by atoms with Crippen molar-refractivity contribution in [3.05, 3.63) is 41.6 Å². The molecule has 0 amide bonds. The van der Waals surface area contributed by atoms with Crippen molar-refractivity contribution in [2.75, 3.05) is 44.6 Å². The van der Waals surface area contributed by atoms with Gasteiger partial charge in [-0.25, -0.2) is 8.42 Å². The van der Waals surface area contributed by atoms with Crippen LogP contribution in [0.25, 0.3) is 11.0 Å². The number of hydrogen-bond acceptors (Lipinski definition) is 10. The first-order chi connectivity index (χ1) is 19.4. The maximum Gasteiger partial charge on any atom is 0.270 e. The Balaban J connectivity index is 1.31. The molecule has 1 aliphatic carbocycles. The molecule has 2 fully saturated rings. The van der Waals surface area contributed by atoms with E-state index in [0.29, 0.717) is 47.4 Å². The molecule has 0 unspecified atom stereocenters. The number of aromatic amines is 1. The van der Waals surface area contributed by atoms with Crippen LogP contribution in [0.4, 0.5) is 17.3 Å². The van der Waals surface area contributed by atoms with Crippen molar-refractivity contribution >= 4 is 38.3 Å². The fourth-order valence-electron chi connectivity index (χ4n) is 5.06. The van der Waals surface area contributed by atoms with E-state index in [1.807, 2.05) is 6.07 Å². The van der Waals surface area contributed by atoms with Gasteiger partial charge in [-0.1, -0.05) is 5.16 Å². The number of methoxy groups -OCH3 is 3. The summed E-state index contributed by atoms with van der Waals surface area (Å²) < 4.78 is 57.5. The molecule has 2 aromatic carbocycles. The van der Waals surface area contributed by atoms with Crippen molar-refractivity contribution in [3.8, 4) is 17.2 Å². The quantitative estimate of drug-likeness (QED) is 0.241. The lowest BCUT2D eigenvalue weighted by molar-refractivity contribution is 0.0852. The predicted molar refractivity (Wildman–Crippen MR) is 148 cm³/mol. The Labute approximate surface area is 231 Å². The van der Waals surface area contributed by atoms with Gasteiger partial charge in [-0.05, 0) is 55.4 Å². The number of ether oxygens (including phenoxy) is 4. The largest absolute Gasteiger partial charge is 0.495 e. The zero-order chi connectivity index (χ0) is 27.9. The fraction of sp³-hybridized carbons (Fsp3) is 0.407. The van der Waals surface area contributed by atoms with Crippen LogP contribution in [0.5, 0.6) is 17.2 Å². The molecule has 0 atom stereocenters. The summed E-state index contributed by atoms with van der Waals surface area (Å²) in [7, 11) is 0.184. The molecule has 3 heterocycles. The number of fused-ring (bicyclic) bond motifs is 1. The van der Waals surface area contributed by atoms with Gasteiger partial charge in [0.1, 0.15) is 17.2 Å². The summed E-state index contributed by atoms with van der Waals surface area (Å²) in [5.74, 6) is 2.22. The highest BCUT2D eigenvalue weighted by molar-refractivity contribution is 7.93. The van der Waals surface area contributed by atoms with Crippen LogP contribution >= 0.6 is 0 Å². The Kier molecular flexibility index (Phi) is 6.92. The van der Waals surface area contributed by atoms with Crippen LogP contribution in [0.3, 0.4) is 0 Å². The molecule has 1 saturated heterocycles. The Bertz CT molecular complexity index is 1610. The molecule has 40 heavy (non-hydrogen) atoms. The van der Waals surface area contributed by atoms with Crippen LogP contribution in [0.15, 0.2) is 39.8 Å². The Morgan fingerprint density at radius 3 is 2.25 bits per heavy atom. The number of aromatic nitrogens is 3. The Hall–Kier alpha value is -3.97. The summed E-state index contributed by atoms with van der Waals surface area (Å²) >= 11 is 0. The number of sulfonamides is 1. The standard InChI is InChI=1S/C27H31N5O7S/c1-35-22-12-18-21(13-20(22)28-25-14-19(29-30-25)16-4-5-16)39-31-27(18)32-40(33,34)26-23(36-2)10-17(11-24(26)37-3)15-6-8-38-9-7-15/h10-16H,4-9H2,1-3H3,(H,31,32)(H2,28,29,30). The average Bonchev–Trinajstić information content (AvgIpc) is 3.61. The molecule has 6 rings (SSSR count). The van der Waals surface area contributed by atoms with Crippen LogP contribution in [0, 0.1) is 0 Å². The Morgan fingerprint density at radius 1 is 0.900 bits per heavy atom. The minimum absolute atomic E-state index is 0.00764. The predicted octanol–water partition coefficient (Wildman–Crippen LogP) is 4.89. The first-order valence-electron chi connectivity index (χ1n) is 13.1. The van der Waals surface area contributed by atoms with Gasteiger partial charge in [0.15, 0.2) is 22.1 Å². The Morgan fingerprint density at radius 2 is 1.60 bits per heavy atom. The second kappa shape index (κ2) is 10.5. The first kappa shape index (κ1) is 26.3. The van der Waals surface area contributed by atoms with Crippen LogP contribution in [0.2, 0.25) is 0 Å². The number of rotatable bonds is 10. The molecule has 212 valence electrons. The van der Waals surface area contributed by atoms with Gasteiger partial charge in [0.05, 0.1) is 32.4 Å². The van der Waals surface area contributed by atoms with Crippen molar-refractivity contribution in [2.24, 2.45) is 0 Å². The van der Waals surface area contributed by atoms with Gasteiger partial charge in [0, 0.05) is 37.0 Å². The van der Waals surface area contributed by atoms with Crippen molar-refractivity contribution < 1.29 is 31.9 Å². The SMILES string of the molecule is COc1cc2c(NS(=O)(=O)c3c(OC)cc(C4CCOCC4)cc3OC)noc2cc1Nc1cc(C2CC2)[nH]n1. The van der Waals surface area contributed by atoms with Gasteiger partial charge in [-0.15, -0.1) is 0 Å². The van der Waals surface area contributed by atoms with Crippen LogP contribution < -0.4 is 24.2 Å². The minimum Gasteiger partial charge on any atom is -0.495 e. The average molecular weight is 570 g/mol. The summed E-state index contributed by atoms with van der Waals surface area (Å²) in [6, 6.07) is 8.81. The number of hydrogen-bond donors (Lipinski definition) is 3. The van der Waals surface area contributed by atoms with Gasteiger partial charge in [-0.3, -0.25) is 9.82 Å². The molecular formula is C27H31N5O7S. The number of H-pyrrole nitrogens is 1. The maximum atomic E-state index is 13.7. The lowest BCUT2D eigenvalue weighted by Crippen LogP contribution is -2.17. The van der Waals surface area contributed by atoms with Gasteiger partial charge in [0.2, 0.25) is 0 Å². The molecule has 1 saturated carbocycles. The summed E-state index contributed by atoms with van der Waals surface area (Å²) in [6.45, 7) is 1.31. The molecule has 3 N–H and O–H groups in total. The van der Waals surface area contributed by atoms with E-state index >= 15 is 0 Å². The third-order valence-corrected chi connectivity index (χ3v) is 8.75. The van der Waals surface area contributed by atoms with Crippen molar-refractivity contribution in [2.45, 2.75) is 42.4 Å². The van der Waals surface area contributed by atoms with E-state index in [2.05, 4.69) is 25.4 Å². The molecule has 1 aliphatic heterocycles. The molecule has 12 nitrogen and oxygen atoms in total. The van der Waals surface area contributed by atoms with Crippen molar-refractivity contribution in [1.82, 2.24) is 15.4 Å². The van der Waals surface area contributed by atoms with E-state index in [-0.39, 0.29) is 28.1 Å². The highest BCUT2D eigenvalue weighted by atomic mass is 32.2. The third kappa shape index (κ3) is 5.02. The van der Waals surface area contributed by atoms with Crippen LogP contribution in [-0.4, -0.2) is 58.3 Å². The van der Waals surface area contributed by atoms with E-state index in [1.165, 1.54) is 21.3 Å². The topological polar surface area (TPSA) is 150 Å². The normalized spacial score (nSPS) is 16.2. The molecular weight excluding hydrogens is 538 g/mol. The molecule has 2 aromatic heterocycles. The zero-order valence-electron chi connectivity index (χ0n) is 22.4. The molecule has 0 radical (unpaired) electrons.